The van der Waals surface area contributed by atoms with Crippen LogP contribution in [0.15, 0.2) is 64.6 Å². The molecule has 0 aliphatic carbocycles. The number of rotatable bonds is 3. The minimum Gasteiger partial charge on any atom is -0.253 e. The van der Waals surface area contributed by atoms with Gasteiger partial charge in [0.2, 0.25) is 0 Å². The highest BCUT2D eigenvalue weighted by Crippen LogP contribution is 2.26. The highest BCUT2D eigenvalue weighted by Gasteiger charge is 2.03. The molecule has 0 fully saturated rings. The fourth-order valence-corrected chi connectivity index (χ4v) is 2.29. The van der Waals surface area contributed by atoms with Gasteiger partial charge >= 0.3 is 0 Å². The van der Waals surface area contributed by atoms with Crippen LogP contribution in [0.1, 0.15) is 25.0 Å². The standard InChI is InChI=1S/C17H16BrN/c1-12(2)16-9-4-5-10-17(16)19-13(3)14-7-6-8-15(18)11-14/h4-11H,1H2,2-3H3. The van der Waals surface area contributed by atoms with E-state index in [0.29, 0.717) is 0 Å². The quantitative estimate of drug-likeness (QED) is 0.652. The summed E-state index contributed by atoms with van der Waals surface area (Å²) in [6, 6.07) is 16.2. The lowest BCUT2D eigenvalue weighted by Gasteiger charge is -2.07. The molecule has 0 atom stereocenters. The van der Waals surface area contributed by atoms with Crippen LogP contribution in [0, 0.1) is 0 Å². The first kappa shape index (κ1) is 13.8. The van der Waals surface area contributed by atoms with Crippen molar-refractivity contribution in [1.29, 1.82) is 0 Å². The van der Waals surface area contributed by atoms with Crippen LogP contribution >= 0.6 is 15.9 Å². The number of halogens is 1. The minimum absolute atomic E-state index is 0.965. The Morgan fingerprint density at radius 1 is 1.05 bits per heavy atom. The molecule has 2 heteroatoms. The normalized spacial score (nSPS) is 11.4. The van der Waals surface area contributed by atoms with Gasteiger partial charge in [0.05, 0.1) is 5.69 Å². The van der Waals surface area contributed by atoms with Gasteiger partial charge in [-0.15, -0.1) is 0 Å². The topological polar surface area (TPSA) is 12.4 Å². The van der Waals surface area contributed by atoms with Crippen LogP contribution in [0.4, 0.5) is 5.69 Å². The molecule has 2 rings (SSSR count). The Labute approximate surface area is 122 Å². The van der Waals surface area contributed by atoms with Crippen molar-refractivity contribution in [3.05, 3.63) is 70.7 Å². The van der Waals surface area contributed by atoms with E-state index in [0.717, 1.165) is 32.6 Å². The van der Waals surface area contributed by atoms with Crippen molar-refractivity contribution in [2.75, 3.05) is 0 Å². The van der Waals surface area contributed by atoms with Crippen LogP contribution in [0.2, 0.25) is 0 Å². The lowest BCUT2D eigenvalue weighted by Crippen LogP contribution is -1.94. The van der Waals surface area contributed by atoms with Crippen molar-refractivity contribution >= 4 is 32.9 Å². The molecule has 0 spiro atoms. The molecule has 19 heavy (non-hydrogen) atoms. The fourth-order valence-electron chi connectivity index (χ4n) is 1.89. The number of para-hydroxylation sites is 1. The van der Waals surface area contributed by atoms with Gasteiger partial charge in [0.25, 0.3) is 0 Å². The Morgan fingerprint density at radius 3 is 2.47 bits per heavy atom. The number of nitrogens with zero attached hydrogens (tertiary/aromatic N) is 1. The Kier molecular flexibility index (Phi) is 4.33. The summed E-state index contributed by atoms with van der Waals surface area (Å²) in [6.07, 6.45) is 0. The number of aliphatic imine (C=N–C) groups is 1. The second-order valence-corrected chi connectivity index (χ2v) is 5.42. The zero-order valence-electron chi connectivity index (χ0n) is 11.2. The molecule has 0 aliphatic rings. The van der Waals surface area contributed by atoms with Crippen LogP contribution in [0.3, 0.4) is 0 Å². The predicted molar refractivity (Wildman–Crippen MR) is 87.2 cm³/mol. The summed E-state index contributed by atoms with van der Waals surface area (Å²) in [5, 5.41) is 0. The van der Waals surface area contributed by atoms with E-state index in [9.17, 15) is 0 Å². The van der Waals surface area contributed by atoms with Crippen LogP contribution in [0.5, 0.6) is 0 Å². The van der Waals surface area contributed by atoms with Gasteiger partial charge in [-0.1, -0.05) is 52.8 Å². The zero-order chi connectivity index (χ0) is 13.8. The Morgan fingerprint density at radius 2 is 1.79 bits per heavy atom. The minimum atomic E-state index is 0.965. The monoisotopic (exact) mass is 313 g/mol. The van der Waals surface area contributed by atoms with Crippen molar-refractivity contribution in [3.8, 4) is 0 Å². The summed E-state index contributed by atoms with van der Waals surface area (Å²) in [5.74, 6) is 0. The molecular formula is C17H16BrN. The Bertz CT molecular complexity index is 641. The average Bonchev–Trinajstić information content (AvgIpc) is 2.39. The number of allylic oxidation sites excluding steroid dienone is 1. The second kappa shape index (κ2) is 5.98. The van der Waals surface area contributed by atoms with E-state index in [1.165, 1.54) is 0 Å². The third-order valence-electron chi connectivity index (χ3n) is 2.89. The van der Waals surface area contributed by atoms with Gasteiger partial charge in [-0.05, 0) is 43.2 Å². The molecule has 0 saturated heterocycles. The van der Waals surface area contributed by atoms with Crippen LogP contribution in [-0.2, 0) is 0 Å². The molecule has 0 amide bonds. The zero-order valence-corrected chi connectivity index (χ0v) is 12.7. The van der Waals surface area contributed by atoms with E-state index in [4.69, 9.17) is 4.99 Å². The predicted octanol–water partition coefficient (Wildman–Crippen LogP) is 5.62. The van der Waals surface area contributed by atoms with Gasteiger partial charge in [-0.25, -0.2) is 0 Å². The van der Waals surface area contributed by atoms with Gasteiger partial charge in [0.15, 0.2) is 0 Å². The molecule has 1 nitrogen and oxygen atoms in total. The van der Waals surface area contributed by atoms with Crippen LogP contribution in [0.25, 0.3) is 5.57 Å². The summed E-state index contributed by atoms with van der Waals surface area (Å²) < 4.78 is 1.06. The molecule has 0 N–H and O–H groups in total. The molecule has 0 bridgehead atoms. The van der Waals surface area contributed by atoms with E-state index in [1.54, 1.807) is 0 Å². The second-order valence-electron chi connectivity index (χ2n) is 4.51. The molecule has 0 radical (unpaired) electrons. The molecular weight excluding hydrogens is 298 g/mol. The molecule has 2 aromatic rings. The van der Waals surface area contributed by atoms with E-state index in [2.05, 4.69) is 40.7 Å². The summed E-state index contributed by atoms with van der Waals surface area (Å²) in [6.45, 7) is 8.03. The summed E-state index contributed by atoms with van der Waals surface area (Å²) >= 11 is 3.48. The SMILES string of the molecule is C=C(C)c1ccccc1N=C(C)c1cccc(Br)c1. The first-order valence-electron chi connectivity index (χ1n) is 6.14. The number of hydrogen-bond donors (Lipinski definition) is 0. The van der Waals surface area contributed by atoms with Gasteiger partial charge in [0, 0.05) is 15.7 Å². The molecule has 0 heterocycles. The molecule has 2 aromatic carbocycles. The van der Waals surface area contributed by atoms with E-state index >= 15 is 0 Å². The number of benzene rings is 2. The summed E-state index contributed by atoms with van der Waals surface area (Å²) in [4.78, 5) is 4.73. The van der Waals surface area contributed by atoms with Gasteiger partial charge in [-0.3, -0.25) is 4.99 Å². The molecule has 0 saturated carbocycles. The molecule has 0 unspecified atom stereocenters. The fraction of sp³-hybridized carbons (Fsp3) is 0.118. The molecule has 96 valence electrons. The number of hydrogen-bond acceptors (Lipinski definition) is 1. The van der Waals surface area contributed by atoms with Crippen molar-refractivity contribution in [3.63, 3.8) is 0 Å². The Hall–Kier alpha value is -1.67. The maximum absolute atomic E-state index is 4.73. The van der Waals surface area contributed by atoms with Crippen molar-refractivity contribution in [2.24, 2.45) is 4.99 Å². The van der Waals surface area contributed by atoms with Crippen molar-refractivity contribution in [2.45, 2.75) is 13.8 Å². The highest BCUT2D eigenvalue weighted by molar-refractivity contribution is 9.10. The largest absolute Gasteiger partial charge is 0.253 e. The Balaban J connectivity index is 2.44. The lowest BCUT2D eigenvalue weighted by atomic mass is 10.1. The van der Waals surface area contributed by atoms with Crippen molar-refractivity contribution in [1.82, 2.24) is 0 Å². The molecule has 0 aliphatic heterocycles. The summed E-state index contributed by atoms with van der Waals surface area (Å²) in [5.41, 5.74) is 5.20. The maximum Gasteiger partial charge on any atom is 0.0707 e. The average molecular weight is 314 g/mol. The van der Waals surface area contributed by atoms with Gasteiger partial charge < -0.3 is 0 Å². The van der Waals surface area contributed by atoms with Crippen LogP contribution in [-0.4, -0.2) is 5.71 Å². The smallest absolute Gasteiger partial charge is 0.0707 e. The third-order valence-corrected chi connectivity index (χ3v) is 3.39. The van der Waals surface area contributed by atoms with Gasteiger partial charge in [0.1, 0.15) is 0 Å². The van der Waals surface area contributed by atoms with E-state index in [1.807, 2.05) is 44.2 Å². The first-order chi connectivity index (χ1) is 9.08. The summed E-state index contributed by atoms with van der Waals surface area (Å²) in [7, 11) is 0. The third kappa shape index (κ3) is 3.42. The van der Waals surface area contributed by atoms with E-state index < -0.39 is 0 Å². The lowest BCUT2D eigenvalue weighted by molar-refractivity contribution is 1.44. The van der Waals surface area contributed by atoms with E-state index in [-0.39, 0.29) is 0 Å². The molecule has 0 aromatic heterocycles. The van der Waals surface area contributed by atoms with Crippen LogP contribution < -0.4 is 0 Å². The highest BCUT2D eigenvalue weighted by atomic mass is 79.9. The van der Waals surface area contributed by atoms with Gasteiger partial charge in [-0.2, -0.15) is 0 Å². The maximum atomic E-state index is 4.73. The van der Waals surface area contributed by atoms with Crippen molar-refractivity contribution < 1.29 is 0 Å². The first-order valence-corrected chi connectivity index (χ1v) is 6.93.